The van der Waals surface area contributed by atoms with Gasteiger partial charge in [-0.2, -0.15) is 0 Å². The maximum Gasteiger partial charge on any atom is 0.251 e. The Hall–Kier alpha value is -1.10. The summed E-state index contributed by atoms with van der Waals surface area (Å²) in [5.41, 5.74) is -0.137. The van der Waals surface area contributed by atoms with Crippen LogP contribution in [-0.2, 0) is 4.79 Å². The second-order valence-corrected chi connectivity index (χ2v) is 7.46. The first kappa shape index (κ1) is 12.9. The van der Waals surface area contributed by atoms with E-state index in [0.717, 1.165) is 12.8 Å². The number of carbonyl (C=O) groups excluding carboxylic acids is 1. The van der Waals surface area contributed by atoms with Crippen molar-refractivity contribution in [3.63, 3.8) is 0 Å². The van der Waals surface area contributed by atoms with Crippen LogP contribution < -0.4 is 5.56 Å². The second-order valence-electron chi connectivity index (χ2n) is 6.37. The van der Waals surface area contributed by atoms with Crippen molar-refractivity contribution in [1.29, 1.82) is 0 Å². The van der Waals surface area contributed by atoms with E-state index >= 15 is 0 Å². The summed E-state index contributed by atoms with van der Waals surface area (Å²) in [6.07, 6.45) is 3.57. The number of nitrogens with zero attached hydrogens (tertiary/aromatic N) is 1. The monoisotopic (exact) mass is 278 g/mol. The Morgan fingerprint density at radius 3 is 2.68 bits per heavy atom. The molecule has 19 heavy (non-hydrogen) atoms. The van der Waals surface area contributed by atoms with Gasteiger partial charge in [0.05, 0.1) is 5.25 Å². The van der Waals surface area contributed by atoms with Crippen molar-refractivity contribution in [2.45, 2.75) is 44.0 Å². The number of H-pyrrole nitrogens is 1. The molecule has 0 unspecified atom stereocenters. The highest BCUT2D eigenvalue weighted by atomic mass is 32.2. The van der Waals surface area contributed by atoms with Gasteiger partial charge >= 0.3 is 0 Å². The normalized spacial score (nSPS) is 35.8. The van der Waals surface area contributed by atoms with Crippen molar-refractivity contribution in [3.05, 3.63) is 22.6 Å². The van der Waals surface area contributed by atoms with E-state index < -0.39 is 0 Å². The molecule has 1 aromatic heterocycles. The number of nitrogens with one attached hydrogen (secondary N) is 1. The molecular weight excluding hydrogens is 260 g/mol. The third-order valence-electron chi connectivity index (χ3n) is 5.35. The first-order valence-electron chi connectivity index (χ1n) is 6.62. The number of thioether (sulfide) groups is 1. The van der Waals surface area contributed by atoms with Crippen LogP contribution in [-0.4, -0.2) is 21.0 Å². The molecule has 1 heterocycles. The Bertz CT molecular complexity index is 595. The molecular formula is C14H18N2O2S. The van der Waals surface area contributed by atoms with E-state index in [0.29, 0.717) is 10.9 Å². The van der Waals surface area contributed by atoms with Gasteiger partial charge in [-0.15, -0.1) is 0 Å². The average Bonchev–Trinajstić information content (AvgIpc) is 2.63. The maximum absolute atomic E-state index is 12.5. The lowest BCUT2D eigenvalue weighted by molar-refractivity contribution is -0.122. The summed E-state index contributed by atoms with van der Waals surface area (Å²) in [6.45, 7) is 6.60. The van der Waals surface area contributed by atoms with E-state index in [1.165, 1.54) is 24.0 Å². The van der Waals surface area contributed by atoms with Crippen LogP contribution in [0.4, 0.5) is 0 Å². The highest BCUT2D eigenvalue weighted by Crippen LogP contribution is 2.66. The molecule has 3 rings (SSSR count). The number of hydrogen-bond donors (Lipinski definition) is 1. The number of fused-ring (bicyclic) bond motifs is 2. The molecule has 1 aromatic rings. The molecule has 2 saturated carbocycles. The predicted octanol–water partition coefficient (Wildman–Crippen LogP) is 2.26. The average molecular weight is 278 g/mol. The van der Waals surface area contributed by atoms with Gasteiger partial charge < -0.3 is 4.98 Å². The molecule has 0 amide bonds. The lowest BCUT2D eigenvalue weighted by atomic mass is 9.71. The zero-order valence-corrected chi connectivity index (χ0v) is 12.2. The molecule has 2 bridgehead atoms. The zero-order chi connectivity index (χ0) is 13.8. The minimum Gasteiger partial charge on any atom is -0.301 e. The van der Waals surface area contributed by atoms with Crippen LogP contribution >= 0.6 is 11.8 Å². The Morgan fingerprint density at radius 2 is 2.11 bits per heavy atom. The summed E-state index contributed by atoms with van der Waals surface area (Å²) in [5.74, 6) is 0.487. The molecule has 2 aliphatic carbocycles. The quantitative estimate of drug-likeness (QED) is 0.843. The molecule has 0 aromatic carbocycles. The molecule has 3 atom stereocenters. The lowest BCUT2D eigenvalue weighted by Gasteiger charge is -2.37. The highest BCUT2D eigenvalue weighted by Gasteiger charge is 2.66. The summed E-state index contributed by atoms with van der Waals surface area (Å²) >= 11 is 1.42. The smallest absolute Gasteiger partial charge is 0.251 e. The Labute approximate surface area is 116 Å². The summed E-state index contributed by atoms with van der Waals surface area (Å²) in [5, 5.41) is 0.460. The van der Waals surface area contributed by atoms with E-state index in [4.69, 9.17) is 0 Å². The maximum atomic E-state index is 12.5. The molecule has 0 aliphatic heterocycles. The van der Waals surface area contributed by atoms with Crippen molar-refractivity contribution < 1.29 is 4.79 Å². The van der Waals surface area contributed by atoms with Crippen molar-refractivity contribution in [2.75, 3.05) is 0 Å². The van der Waals surface area contributed by atoms with E-state index in [2.05, 4.69) is 30.7 Å². The third-order valence-corrected chi connectivity index (χ3v) is 6.77. The molecule has 4 nitrogen and oxygen atoms in total. The van der Waals surface area contributed by atoms with Crippen molar-refractivity contribution in [3.8, 4) is 0 Å². The number of Topliss-reactive ketones (excluding diaryl/α,β-unsaturated/α-hetero) is 1. The fraction of sp³-hybridized carbons (Fsp3) is 0.643. The molecule has 2 aliphatic rings. The van der Waals surface area contributed by atoms with Gasteiger partial charge in [0.25, 0.3) is 5.56 Å². The minimum atomic E-state index is -0.169. The first-order valence-corrected chi connectivity index (χ1v) is 7.50. The van der Waals surface area contributed by atoms with E-state index in [9.17, 15) is 9.59 Å². The van der Waals surface area contributed by atoms with Crippen LogP contribution in [0.2, 0.25) is 0 Å². The summed E-state index contributed by atoms with van der Waals surface area (Å²) in [4.78, 5) is 30.7. The van der Waals surface area contributed by atoms with Crippen LogP contribution in [0.1, 0.15) is 33.6 Å². The van der Waals surface area contributed by atoms with Gasteiger partial charge in [-0.25, -0.2) is 4.98 Å². The summed E-state index contributed by atoms with van der Waals surface area (Å²) in [6, 6.07) is 1.39. The predicted molar refractivity (Wildman–Crippen MR) is 74.1 cm³/mol. The Kier molecular flexibility index (Phi) is 2.68. The Morgan fingerprint density at radius 1 is 1.37 bits per heavy atom. The standard InChI is InChI=1S/C14H18N2O2S/c1-13(2)8-4-6-14(13,3)11(10(8)18)19-12-15-7-5-9(17)16-12/h5,7-8,11H,4,6H2,1-3H3,(H,15,16,17)/t8-,11-,14-/m0/s1. The van der Waals surface area contributed by atoms with Gasteiger partial charge in [0.15, 0.2) is 5.16 Å². The first-order chi connectivity index (χ1) is 8.86. The van der Waals surface area contributed by atoms with Gasteiger partial charge in [0.2, 0.25) is 0 Å². The number of ketones is 1. The molecule has 5 heteroatoms. The van der Waals surface area contributed by atoms with Gasteiger partial charge in [0.1, 0.15) is 5.78 Å². The Balaban J connectivity index is 1.95. The van der Waals surface area contributed by atoms with Crippen molar-refractivity contribution in [1.82, 2.24) is 9.97 Å². The summed E-state index contributed by atoms with van der Waals surface area (Å²) < 4.78 is 0. The molecule has 102 valence electrons. The molecule has 1 N–H and O–H groups in total. The van der Waals surface area contributed by atoms with Crippen LogP contribution in [0.15, 0.2) is 22.2 Å². The van der Waals surface area contributed by atoms with Gasteiger partial charge in [-0.3, -0.25) is 9.59 Å². The SMILES string of the molecule is CC1(C)[C@H]2CC[C@@]1(C)[C@@H](Sc1nccc(=O)[nH]1)C2=O. The van der Waals surface area contributed by atoms with E-state index in [1.807, 2.05) is 0 Å². The van der Waals surface area contributed by atoms with Crippen LogP contribution in [0.3, 0.4) is 0 Å². The van der Waals surface area contributed by atoms with Gasteiger partial charge in [0, 0.05) is 18.2 Å². The van der Waals surface area contributed by atoms with Crippen molar-refractivity contribution in [2.24, 2.45) is 16.7 Å². The summed E-state index contributed by atoms with van der Waals surface area (Å²) in [7, 11) is 0. The number of aromatic amines is 1. The lowest BCUT2D eigenvalue weighted by Crippen LogP contribution is -2.36. The van der Waals surface area contributed by atoms with Crippen molar-refractivity contribution >= 4 is 17.5 Å². The molecule has 0 saturated heterocycles. The molecule has 0 spiro atoms. The van der Waals surface area contributed by atoms with Crippen LogP contribution in [0.5, 0.6) is 0 Å². The second kappa shape index (κ2) is 3.95. The van der Waals surface area contributed by atoms with E-state index in [1.54, 1.807) is 0 Å². The largest absolute Gasteiger partial charge is 0.301 e. The van der Waals surface area contributed by atoms with E-state index in [-0.39, 0.29) is 27.6 Å². The number of hydrogen-bond acceptors (Lipinski definition) is 4. The fourth-order valence-electron chi connectivity index (χ4n) is 3.70. The van der Waals surface area contributed by atoms with Gasteiger partial charge in [-0.05, 0) is 23.7 Å². The van der Waals surface area contributed by atoms with Crippen LogP contribution in [0, 0.1) is 16.7 Å². The topological polar surface area (TPSA) is 62.8 Å². The number of aromatic nitrogens is 2. The number of rotatable bonds is 2. The highest BCUT2D eigenvalue weighted by molar-refractivity contribution is 8.00. The molecule has 2 fully saturated rings. The zero-order valence-electron chi connectivity index (χ0n) is 11.4. The van der Waals surface area contributed by atoms with Crippen LogP contribution in [0.25, 0.3) is 0 Å². The molecule has 0 radical (unpaired) electrons. The number of carbonyl (C=O) groups is 1. The van der Waals surface area contributed by atoms with Gasteiger partial charge in [-0.1, -0.05) is 32.5 Å². The minimum absolute atomic E-state index is 0.00613. The third kappa shape index (κ3) is 1.64. The fourth-order valence-corrected chi connectivity index (χ4v) is 5.17.